The summed E-state index contributed by atoms with van der Waals surface area (Å²) in [7, 11) is -3.30. The van der Waals surface area contributed by atoms with Crippen molar-refractivity contribution < 1.29 is 8.42 Å². The third-order valence-electron chi connectivity index (χ3n) is 3.18. The Balaban J connectivity index is 2.34. The van der Waals surface area contributed by atoms with Gasteiger partial charge in [-0.3, -0.25) is 0 Å². The van der Waals surface area contributed by atoms with Crippen molar-refractivity contribution in [1.82, 2.24) is 4.31 Å². The van der Waals surface area contributed by atoms with Crippen LogP contribution in [0.25, 0.3) is 0 Å². The van der Waals surface area contributed by atoms with E-state index in [2.05, 4.69) is 29.5 Å². The third kappa shape index (κ3) is 2.51. The molecule has 0 radical (unpaired) electrons. The Hall–Kier alpha value is -0.140. The molecule has 2 atom stereocenters. The molecule has 0 saturated carbocycles. The number of sulfonamides is 1. The molecule has 1 aromatic rings. The van der Waals surface area contributed by atoms with Crippen LogP contribution in [-0.4, -0.2) is 29.2 Å². The smallest absolute Gasteiger partial charge is 0.207 e. The van der Waals surface area contributed by atoms with Crippen molar-refractivity contribution in [2.24, 2.45) is 0 Å². The van der Waals surface area contributed by atoms with Gasteiger partial charge in [-0.1, -0.05) is 47.7 Å². The Morgan fingerprint density at radius 2 is 2.00 bits per heavy atom. The molecule has 0 aromatic heterocycles. The van der Waals surface area contributed by atoms with Gasteiger partial charge in [0.25, 0.3) is 0 Å². The summed E-state index contributed by atoms with van der Waals surface area (Å²) >= 11 is 2.36. The van der Waals surface area contributed by atoms with Gasteiger partial charge in [-0.05, 0) is 25.0 Å². The van der Waals surface area contributed by atoms with E-state index >= 15 is 0 Å². The predicted molar refractivity (Wildman–Crippen MR) is 76.8 cm³/mol. The molecule has 94 valence electrons. The van der Waals surface area contributed by atoms with Crippen LogP contribution in [0, 0.1) is 0 Å². The number of alkyl halides is 1. The van der Waals surface area contributed by atoms with E-state index in [1.165, 1.54) is 0 Å². The molecule has 1 aliphatic rings. The average Bonchev–Trinajstić information content (AvgIpc) is 2.72. The fourth-order valence-electron chi connectivity index (χ4n) is 2.27. The van der Waals surface area contributed by atoms with Gasteiger partial charge in [0.05, 0.1) is 4.90 Å². The summed E-state index contributed by atoms with van der Waals surface area (Å²) in [5, 5.41) is 0. The van der Waals surface area contributed by atoms with Crippen molar-refractivity contribution >= 4 is 32.6 Å². The summed E-state index contributed by atoms with van der Waals surface area (Å²) in [6.45, 7) is 2.69. The van der Waals surface area contributed by atoms with Crippen molar-refractivity contribution in [1.29, 1.82) is 0 Å². The second-order valence-electron chi connectivity index (χ2n) is 4.21. The summed E-state index contributed by atoms with van der Waals surface area (Å²) in [4.78, 5) is 0.406. The standard InChI is InChI=1S/C12H16INO2S/c1-2-12-11(13)8-9-14(12)17(15,16)10-6-4-3-5-7-10/h3-7,11-12H,2,8-9H2,1H3/t11-,12+/m1/s1. The van der Waals surface area contributed by atoms with Crippen LogP contribution in [0.2, 0.25) is 0 Å². The first-order valence-electron chi connectivity index (χ1n) is 5.78. The van der Waals surface area contributed by atoms with E-state index in [1.54, 1.807) is 28.6 Å². The van der Waals surface area contributed by atoms with Crippen LogP contribution in [0.1, 0.15) is 19.8 Å². The molecular formula is C12H16INO2S. The van der Waals surface area contributed by atoms with Gasteiger partial charge in [0.2, 0.25) is 10.0 Å². The van der Waals surface area contributed by atoms with Gasteiger partial charge in [0.15, 0.2) is 0 Å². The maximum Gasteiger partial charge on any atom is 0.243 e. The lowest BCUT2D eigenvalue weighted by Gasteiger charge is -2.24. The Morgan fingerprint density at radius 1 is 1.35 bits per heavy atom. The second-order valence-corrected chi connectivity index (χ2v) is 7.70. The van der Waals surface area contributed by atoms with E-state index < -0.39 is 10.0 Å². The van der Waals surface area contributed by atoms with E-state index in [1.807, 2.05) is 6.07 Å². The van der Waals surface area contributed by atoms with Crippen LogP contribution < -0.4 is 0 Å². The molecule has 1 heterocycles. The number of hydrogen-bond acceptors (Lipinski definition) is 2. The molecule has 1 aliphatic heterocycles. The lowest BCUT2D eigenvalue weighted by atomic mass is 10.2. The van der Waals surface area contributed by atoms with Gasteiger partial charge in [-0.15, -0.1) is 0 Å². The topological polar surface area (TPSA) is 37.4 Å². The largest absolute Gasteiger partial charge is 0.243 e. The molecule has 1 fully saturated rings. The van der Waals surface area contributed by atoms with Gasteiger partial charge in [0, 0.05) is 16.5 Å². The number of rotatable bonds is 3. The maximum absolute atomic E-state index is 12.5. The summed E-state index contributed by atoms with van der Waals surface area (Å²) in [5.74, 6) is 0. The minimum absolute atomic E-state index is 0.140. The van der Waals surface area contributed by atoms with Crippen LogP contribution in [0.3, 0.4) is 0 Å². The normalized spacial score (nSPS) is 26.2. The summed E-state index contributed by atoms with van der Waals surface area (Å²) in [6, 6.07) is 8.85. The zero-order valence-electron chi connectivity index (χ0n) is 9.71. The zero-order chi connectivity index (χ0) is 12.5. The molecule has 1 aromatic carbocycles. The highest BCUT2D eigenvalue weighted by atomic mass is 127. The van der Waals surface area contributed by atoms with Crippen molar-refractivity contribution in [2.75, 3.05) is 6.54 Å². The number of benzene rings is 1. The molecular weight excluding hydrogens is 349 g/mol. The fourth-order valence-corrected chi connectivity index (χ4v) is 5.44. The fraction of sp³-hybridized carbons (Fsp3) is 0.500. The zero-order valence-corrected chi connectivity index (χ0v) is 12.7. The van der Waals surface area contributed by atoms with Crippen LogP contribution in [-0.2, 0) is 10.0 Å². The van der Waals surface area contributed by atoms with Crippen molar-refractivity contribution in [3.8, 4) is 0 Å². The van der Waals surface area contributed by atoms with E-state index in [0.717, 1.165) is 12.8 Å². The Morgan fingerprint density at radius 3 is 2.59 bits per heavy atom. The van der Waals surface area contributed by atoms with E-state index in [-0.39, 0.29) is 6.04 Å². The lowest BCUT2D eigenvalue weighted by molar-refractivity contribution is 0.385. The Labute approximate surface area is 116 Å². The Kier molecular flexibility index (Phi) is 4.10. The summed E-state index contributed by atoms with van der Waals surface area (Å²) in [5.41, 5.74) is 0. The molecule has 0 amide bonds. The molecule has 17 heavy (non-hydrogen) atoms. The van der Waals surface area contributed by atoms with Crippen LogP contribution in [0.15, 0.2) is 35.2 Å². The molecule has 0 aliphatic carbocycles. The van der Waals surface area contributed by atoms with E-state index in [0.29, 0.717) is 15.4 Å². The van der Waals surface area contributed by atoms with Crippen LogP contribution >= 0.6 is 22.6 Å². The van der Waals surface area contributed by atoms with Crippen molar-refractivity contribution in [2.45, 2.75) is 34.6 Å². The highest BCUT2D eigenvalue weighted by Gasteiger charge is 2.39. The first-order valence-corrected chi connectivity index (χ1v) is 8.47. The molecule has 0 bridgehead atoms. The molecule has 0 unspecified atom stereocenters. The minimum Gasteiger partial charge on any atom is -0.207 e. The first kappa shape index (κ1) is 13.3. The molecule has 0 N–H and O–H groups in total. The highest BCUT2D eigenvalue weighted by molar-refractivity contribution is 14.1. The van der Waals surface area contributed by atoms with Crippen molar-refractivity contribution in [3.63, 3.8) is 0 Å². The monoisotopic (exact) mass is 365 g/mol. The lowest BCUT2D eigenvalue weighted by Crippen LogP contribution is -2.37. The number of nitrogens with zero attached hydrogens (tertiary/aromatic N) is 1. The van der Waals surface area contributed by atoms with Gasteiger partial charge >= 0.3 is 0 Å². The highest BCUT2D eigenvalue weighted by Crippen LogP contribution is 2.32. The van der Waals surface area contributed by atoms with Crippen LogP contribution in [0.5, 0.6) is 0 Å². The quantitative estimate of drug-likeness (QED) is 0.610. The molecule has 1 saturated heterocycles. The van der Waals surface area contributed by atoms with Gasteiger partial charge < -0.3 is 0 Å². The average molecular weight is 365 g/mol. The van der Waals surface area contributed by atoms with E-state index in [4.69, 9.17) is 0 Å². The van der Waals surface area contributed by atoms with Gasteiger partial charge in [-0.2, -0.15) is 4.31 Å². The summed E-state index contributed by atoms with van der Waals surface area (Å²) < 4.78 is 27.0. The number of hydrogen-bond donors (Lipinski definition) is 0. The minimum atomic E-state index is -3.30. The molecule has 0 spiro atoms. The van der Waals surface area contributed by atoms with E-state index in [9.17, 15) is 8.42 Å². The predicted octanol–water partition coefficient (Wildman–Crippen LogP) is 2.66. The third-order valence-corrected chi connectivity index (χ3v) is 6.57. The molecule has 2 rings (SSSR count). The van der Waals surface area contributed by atoms with Crippen molar-refractivity contribution in [3.05, 3.63) is 30.3 Å². The SMILES string of the molecule is CC[C@H]1[C@H](I)CCN1S(=O)(=O)c1ccccc1. The van der Waals surface area contributed by atoms with Crippen LogP contribution in [0.4, 0.5) is 0 Å². The molecule has 3 nitrogen and oxygen atoms in total. The summed E-state index contributed by atoms with van der Waals surface area (Å²) in [6.07, 6.45) is 1.82. The first-order chi connectivity index (χ1) is 8.07. The maximum atomic E-state index is 12.5. The molecule has 5 heteroatoms. The van der Waals surface area contributed by atoms with Gasteiger partial charge in [-0.25, -0.2) is 8.42 Å². The van der Waals surface area contributed by atoms with Gasteiger partial charge in [0.1, 0.15) is 0 Å². The number of halogens is 1. The Bertz CT molecular complexity index is 475. The second kappa shape index (κ2) is 5.24.